The van der Waals surface area contributed by atoms with Crippen molar-refractivity contribution in [3.05, 3.63) is 82.2 Å². The van der Waals surface area contributed by atoms with Gasteiger partial charge < -0.3 is 0 Å². The summed E-state index contributed by atoms with van der Waals surface area (Å²) in [7, 11) is 0. The molecule has 0 amide bonds. The fraction of sp³-hybridized carbons (Fsp3) is 0.105. The van der Waals surface area contributed by atoms with Crippen LogP contribution >= 0.6 is 0 Å². The molecule has 0 radical (unpaired) electrons. The molecule has 0 aliphatic carbocycles. The molecule has 0 unspecified atom stereocenters. The van der Waals surface area contributed by atoms with Gasteiger partial charge in [0, 0.05) is 24.0 Å². The van der Waals surface area contributed by atoms with Crippen molar-refractivity contribution in [2.45, 2.75) is 13.5 Å². The number of imidazole rings is 1. The molecular formula is C19H14F2N4O. The Morgan fingerprint density at radius 3 is 2.58 bits per heavy atom. The molecule has 4 rings (SSSR count). The summed E-state index contributed by atoms with van der Waals surface area (Å²) in [6.45, 7) is 2.19. The molecule has 1 N–H and O–H groups in total. The Balaban J connectivity index is 1.85. The molecule has 26 heavy (non-hydrogen) atoms. The first-order chi connectivity index (χ1) is 12.5. The van der Waals surface area contributed by atoms with Crippen molar-refractivity contribution in [1.29, 1.82) is 0 Å². The van der Waals surface area contributed by atoms with Crippen molar-refractivity contribution in [2.75, 3.05) is 0 Å². The quantitative estimate of drug-likeness (QED) is 0.614. The lowest BCUT2D eigenvalue weighted by atomic mass is 10.1. The van der Waals surface area contributed by atoms with Gasteiger partial charge in [-0.05, 0) is 42.3 Å². The van der Waals surface area contributed by atoms with Gasteiger partial charge in [-0.2, -0.15) is 0 Å². The van der Waals surface area contributed by atoms with Gasteiger partial charge >= 0.3 is 5.69 Å². The number of benzene rings is 1. The van der Waals surface area contributed by atoms with E-state index < -0.39 is 11.6 Å². The van der Waals surface area contributed by atoms with E-state index in [1.165, 1.54) is 22.9 Å². The van der Waals surface area contributed by atoms with Crippen LogP contribution in [0.4, 0.5) is 8.78 Å². The maximum atomic E-state index is 13.5. The second-order valence-electron chi connectivity index (χ2n) is 6.03. The van der Waals surface area contributed by atoms with Gasteiger partial charge in [0.25, 0.3) is 0 Å². The van der Waals surface area contributed by atoms with E-state index in [9.17, 15) is 13.6 Å². The monoisotopic (exact) mass is 352 g/mol. The number of aromatic nitrogens is 4. The van der Waals surface area contributed by atoms with Crippen LogP contribution in [0.15, 0.2) is 53.6 Å². The Hall–Kier alpha value is -3.35. The molecule has 0 fully saturated rings. The Morgan fingerprint density at radius 1 is 1.08 bits per heavy atom. The van der Waals surface area contributed by atoms with Gasteiger partial charge in [0.15, 0.2) is 5.65 Å². The minimum Gasteiger partial charge on any atom is -0.290 e. The zero-order chi connectivity index (χ0) is 18.3. The van der Waals surface area contributed by atoms with Crippen LogP contribution in [-0.2, 0) is 6.54 Å². The van der Waals surface area contributed by atoms with Gasteiger partial charge in [-0.25, -0.2) is 18.6 Å². The van der Waals surface area contributed by atoms with Crippen molar-refractivity contribution in [2.24, 2.45) is 0 Å². The molecule has 0 aliphatic rings. The van der Waals surface area contributed by atoms with E-state index in [1.807, 2.05) is 19.1 Å². The van der Waals surface area contributed by atoms with E-state index in [1.54, 1.807) is 12.3 Å². The van der Waals surface area contributed by atoms with E-state index >= 15 is 0 Å². The number of pyridine rings is 2. The van der Waals surface area contributed by atoms with Crippen molar-refractivity contribution in [1.82, 2.24) is 19.5 Å². The molecule has 0 spiro atoms. The smallest absolute Gasteiger partial charge is 0.290 e. The molecule has 3 aromatic heterocycles. The second-order valence-corrected chi connectivity index (χ2v) is 6.03. The highest BCUT2D eigenvalue weighted by Gasteiger charge is 2.12. The molecule has 0 saturated carbocycles. The number of aryl methyl sites for hydroxylation is 1. The third kappa shape index (κ3) is 2.88. The zero-order valence-corrected chi connectivity index (χ0v) is 13.8. The summed E-state index contributed by atoms with van der Waals surface area (Å²) in [5.74, 6) is -1.34. The number of rotatable bonds is 3. The number of H-pyrrole nitrogens is 1. The average Bonchev–Trinajstić information content (AvgIpc) is 2.91. The van der Waals surface area contributed by atoms with Gasteiger partial charge in [0.2, 0.25) is 0 Å². The first-order valence-electron chi connectivity index (χ1n) is 7.97. The van der Waals surface area contributed by atoms with Crippen LogP contribution in [0, 0.1) is 18.6 Å². The summed E-state index contributed by atoms with van der Waals surface area (Å²) in [4.78, 5) is 23.6. The van der Waals surface area contributed by atoms with Crippen LogP contribution < -0.4 is 5.69 Å². The summed E-state index contributed by atoms with van der Waals surface area (Å²) >= 11 is 0. The Labute approximate surface area is 147 Å². The van der Waals surface area contributed by atoms with Crippen LogP contribution in [0.3, 0.4) is 0 Å². The van der Waals surface area contributed by atoms with E-state index in [0.717, 1.165) is 17.3 Å². The molecule has 7 heteroatoms. The Morgan fingerprint density at radius 2 is 1.85 bits per heavy atom. The van der Waals surface area contributed by atoms with E-state index in [0.29, 0.717) is 22.3 Å². The first-order valence-corrected chi connectivity index (χ1v) is 7.97. The highest BCUT2D eigenvalue weighted by molar-refractivity contribution is 5.78. The highest BCUT2D eigenvalue weighted by Crippen LogP contribution is 2.24. The van der Waals surface area contributed by atoms with Gasteiger partial charge in [0.1, 0.15) is 11.6 Å². The van der Waals surface area contributed by atoms with Crippen molar-refractivity contribution in [3.8, 4) is 11.1 Å². The lowest BCUT2D eigenvalue weighted by molar-refractivity contribution is 0.584. The van der Waals surface area contributed by atoms with Crippen LogP contribution in [0.25, 0.3) is 22.3 Å². The largest absolute Gasteiger partial charge is 0.328 e. The van der Waals surface area contributed by atoms with E-state index in [-0.39, 0.29) is 12.2 Å². The van der Waals surface area contributed by atoms with Gasteiger partial charge in [-0.3, -0.25) is 14.5 Å². The average molecular weight is 352 g/mol. The number of fused-ring (bicyclic) bond motifs is 1. The van der Waals surface area contributed by atoms with Crippen molar-refractivity contribution >= 4 is 11.2 Å². The lowest BCUT2D eigenvalue weighted by Crippen LogP contribution is -2.18. The molecular weight excluding hydrogens is 338 g/mol. The highest BCUT2D eigenvalue weighted by atomic mass is 19.1. The van der Waals surface area contributed by atoms with Gasteiger partial charge in [-0.1, -0.05) is 6.07 Å². The topological polar surface area (TPSA) is 63.6 Å². The third-order valence-electron chi connectivity index (χ3n) is 4.25. The van der Waals surface area contributed by atoms with E-state index in [4.69, 9.17) is 0 Å². The molecule has 0 saturated heterocycles. The number of nitrogens with one attached hydrogen (secondary N) is 1. The standard InChI is InChI=1S/C19H14F2N4O/c1-11-3-2-4-22-16(11)10-25-17-7-13(9-23-18(17)24-19(25)26)12-5-14(20)8-15(21)6-12/h2-9H,10H2,1H3,(H,23,24,26). The van der Waals surface area contributed by atoms with Crippen LogP contribution in [0.1, 0.15) is 11.3 Å². The van der Waals surface area contributed by atoms with E-state index in [2.05, 4.69) is 15.0 Å². The maximum absolute atomic E-state index is 13.5. The third-order valence-corrected chi connectivity index (χ3v) is 4.25. The number of hydrogen-bond donors (Lipinski definition) is 1. The maximum Gasteiger partial charge on any atom is 0.328 e. The number of halogens is 2. The summed E-state index contributed by atoms with van der Waals surface area (Å²) in [5, 5.41) is 0. The zero-order valence-electron chi connectivity index (χ0n) is 13.8. The molecule has 0 atom stereocenters. The molecule has 0 bridgehead atoms. The molecule has 4 aromatic rings. The normalized spacial score (nSPS) is 11.2. The number of hydrogen-bond acceptors (Lipinski definition) is 3. The van der Waals surface area contributed by atoms with Crippen molar-refractivity contribution in [3.63, 3.8) is 0 Å². The van der Waals surface area contributed by atoms with Crippen molar-refractivity contribution < 1.29 is 8.78 Å². The summed E-state index contributed by atoms with van der Waals surface area (Å²) in [6, 6.07) is 8.70. The SMILES string of the molecule is Cc1cccnc1Cn1c(=O)[nH]c2ncc(-c3cc(F)cc(F)c3)cc21. The fourth-order valence-electron chi connectivity index (χ4n) is 2.90. The Kier molecular flexibility index (Phi) is 3.84. The van der Waals surface area contributed by atoms with Gasteiger partial charge in [-0.15, -0.1) is 0 Å². The first kappa shape index (κ1) is 16.1. The Bertz CT molecular complexity index is 1160. The molecule has 5 nitrogen and oxygen atoms in total. The summed E-state index contributed by atoms with van der Waals surface area (Å²) in [5.41, 5.74) is 3.22. The second kappa shape index (κ2) is 6.18. The summed E-state index contributed by atoms with van der Waals surface area (Å²) < 4.78 is 28.5. The molecule has 0 aliphatic heterocycles. The number of aromatic amines is 1. The molecule has 3 heterocycles. The molecule has 1 aromatic carbocycles. The minimum atomic E-state index is -0.671. The minimum absolute atomic E-state index is 0.272. The van der Waals surface area contributed by atoms with Crippen LogP contribution in [0.5, 0.6) is 0 Å². The molecule has 130 valence electrons. The predicted octanol–water partition coefficient (Wildman–Crippen LogP) is 3.42. The van der Waals surface area contributed by atoms with Crippen LogP contribution in [0.2, 0.25) is 0 Å². The van der Waals surface area contributed by atoms with Gasteiger partial charge in [0.05, 0.1) is 17.8 Å². The fourth-order valence-corrected chi connectivity index (χ4v) is 2.90. The van der Waals surface area contributed by atoms with Crippen LogP contribution in [-0.4, -0.2) is 19.5 Å². The predicted molar refractivity (Wildman–Crippen MR) is 93.8 cm³/mol. The summed E-state index contributed by atoms with van der Waals surface area (Å²) in [6.07, 6.45) is 3.14. The lowest BCUT2D eigenvalue weighted by Gasteiger charge is -2.07. The number of nitrogens with zero attached hydrogens (tertiary/aromatic N) is 3.